The lowest BCUT2D eigenvalue weighted by atomic mass is 10.2. The summed E-state index contributed by atoms with van der Waals surface area (Å²) < 4.78 is 0. The van der Waals surface area contributed by atoms with Crippen molar-refractivity contribution >= 4 is 18.6 Å². The molecule has 1 aromatic carbocycles. The first-order valence-electron chi connectivity index (χ1n) is 4.95. The third-order valence-electron chi connectivity index (χ3n) is 3.33. The van der Waals surface area contributed by atoms with Crippen LogP contribution in [0.4, 0.5) is 0 Å². The molecule has 1 aliphatic carbocycles. The number of hydrogen-bond donors (Lipinski definition) is 0. The van der Waals surface area contributed by atoms with E-state index in [4.69, 9.17) is 0 Å². The molecule has 1 fully saturated rings. The van der Waals surface area contributed by atoms with Gasteiger partial charge in [-0.25, -0.2) is 0 Å². The zero-order chi connectivity index (χ0) is 8.89. The normalized spacial score (nSPS) is 30.5. The van der Waals surface area contributed by atoms with Gasteiger partial charge in [-0.2, -0.15) is 0 Å². The SMILES string of the molecule is C[P]1(C2CC2)C=Cc2ccccc21. The fraction of sp³-hybridized carbons (Fsp3) is 0.333. The molecule has 1 unspecified atom stereocenters. The summed E-state index contributed by atoms with van der Waals surface area (Å²) in [6.45, 7) is 2.49. The minimum Gasteiger partial charge on any atom is -0.0767 e. The highest BCUT2D eigenvalue weighted by Crippen LogP contribution is 2.70. The van der Waals surface area contributed by atoms with E-state index >= 15 is 0 Å². The van der Waals surface area contributed by atoms with E-state index in [9.17, 15) is 0 Å². The molecule has 0 saturated heterocycles. The van der Waals surface area contributed by atoms with Crippen LogP contribution in [0.1, 0.15) is 18.4 Å². The molecule has 67 valence electrons. The largest absolute Gasteiger partial charge is 0.0767 e. The van der Waals surface area contributed by atoms with Crippen molar-refractivity contribution in [3.05, 3.63) is 35.6 Å². The van der Waals surface area contributed by atoms with Gasteiger partial charge in [0.25, 0.3) is 0 Å². The van der Waals surface area contributed by atoms with E-state index in [1.165, 1.54) is 18.4 Å². The molecule has 1 aromatic rings. The molecule has 1 heteroatoms. The average Bonchev–Trinajstić information content (AvgIpc) is 2.95. The first-order chi connectivity index (χ1) is 6.31. The van der Waals surface area contributed by atoms with Gasteiger partial charge >= 0.3 is 0 Å². The molecule has 2 aliphatic rings. The van der Waals surface area contributed by atoms with E-state index in [2.05, 4.69) is 42.8 Å². The van der Waals surface area contributed by atoms with Crippen molar-refractivity contribution in [1.29, 1.82) is 0 Å². The smallest absolute Gasteiger partial charge is 0.0172 e. The van der Waals surface area contributed by atoms with Gasteiger partial charge in [0, 0.05) is 0 Å². The second kappa shape index (κ2) is 2.45. The van der Waals surface area contributed by atoms with Gasteiger partial charge in [0.05, 0.1) is 0 Å². The maximum absolute atomic E-state index is 2.51. The number of hydrogen-bond acceptors (Lipinski definition) is 0. The van der Waals surface area contributed by atoms with E-state index in [0.29, 0.717) is 0 Å². The molecule has 3 rings (SSSR count). The summed E-state index contributed by atoms with van der Waals surface area (Å²) in [4.78, 5) is 0. The maximum Gasteiger partial charge on any atom is -0.0172 e. The first kappa shape index (κ1) is 7.76. The molecule has 13 heavy (non-hydrogen) atoms. The summed E-state index contributed by atoms with van der Waals surface area (Å²) in [6.07, 6.45) is 5.26. The second-order valence-corrected chi connectivity index (χ2v) is 8.06. The molecule has 0 spiro atoms. The maximum atomic E-state index is 2.51. The van der Waals surface area contributed by atoms with Gasteiger partial charge in [-0.1, -0.05) is 43.4 Å². The molecule has 1 saturated carbocycles. The molecular weight excluding hydrogens is 175 g/mol. The lowest BCUT2D eigenvalue weighted by molar-refractivity contribution is 1.47. The van der Waals surface area contributed by atoms with Crippen LogP contribution >= 0.6 is 7.26 Å². The van der Waals surface area contributed by atoms with Crippen molar-refractivity contribution in [3.63, 3.8) is 0 Å². The summed E-state index contributed by atoms with van der Waals surface area (Å²) in [6, 6.07) is 8.92. The van der Waals surface area contributed by atoms with Crippen LogP contribution in [0.25, 0.3) is 6.08 Å². The highest BCUT2D eigenvalue weighted by molar-refractivity contribution is 7.86. The van der Waals surface area contributed by atoms with Crippen LogP contribution in [-0.2, 0) is 0 Å². The number of benzene rings is 1. The van der Waals surface area contributed by atoms with Crippen molar-refractivity contribution in [2.75, 3.05) is 6.66 Å². The Bertz CT molecular complexity index is 376. The Morgan fingerprint density at radius 3 is 2.77 bits per heavy atom. The van der Waals surface area contributed by atoms with Gasteiger partial charge in [-0.15, -0.1) is 0 Å². The molecule has 0 nitrogen and oxygen atoms in total. The first-order valence-corrected chi connectivity index (χ1v) is 7.33. The van der Waals surface area contributed by atoms with E-state index in [-0.39, 0.29) is 0 Å². The monoisotopic (exact) mass is 189 g/mol. The Morgan fingerprint density at radius 1 is 1.23 bits per heavy atom. The highest BCUT2D eigenvalue weighted by atomic mass is 31.2. The molecule has 1 atom stereocenters. The van der Waals surface area contributed by atoms with Gasteiger partial charge in [-0.05, 0) is 36.0 Å². The molecule has 1 heterocycles. The zero-order valence-electron chi connectivity index (χ0n) is 7.90. The van der Waals surface area contributed by atoms with E-state index in [1.807, 2.05) is 0 Å². The summed E-state index contributed by atoms with van der Waals surface area (Å²) >= 11 is 0. The topological polar surface area (TPSA) is 0 Å². The Morgan fingerprint density at radius 2 is 2.00 bits per heavy atom. The van der Waals surface area contributed by atoms with Gasteiger partial charge in [0.1, 0.15) is 0 Å². The molecule has 0 amide bonds. The Balaban J connectivity index is 2.15. The fourth-order valence-electron chi connectivity index (χ4n) is 2.31. The Labute approximate surface area is 80.0 Å². The van der Waals surface area contributed by atoms with Crippen LogP contribution in [0.3, 0.4) is 0 Å². The van der Waals surface area contributed by atoms with E-state index < -0.39 is 7.26 Å². The van der Waals surface area contributed by atoms with Crippen molar-refractivity contribution in [2.24, 2.45) is 0 Å². The summed E-state index contributed by atoms with van der Waals surface area (Å²) in [5, 5.41) is 1.65. The standard InChI is InChI=1S/C12H14P/c1-13(11-6-7-11)9-8-10-4-2-3-5-12(10)13/h2-5,8-9,11H,6-7H2,1H3. The molecule has 0 aromatic heterocycles. The Hall–Kier alpha value is -0.610. The Kier molecular flexibility index (Phi) is 1.46. The van der Waals surface area contributed by atoms with E-state index in [1.54, 1.807) is 5.30 Å². The highest BCUT2D eigenvalue weighted by Gasteiger charge is 2.41. The van der Waals surface area contributed by atoms with Gasteiger partial charge in [-0.3, -0.25) is 0 Å². The summed E-state index contributed by atoms with van der Waals surface area (Å²) in [5.41, 5.74) is 2.50. The number of rotatable bonds is 1. The molecule has 1 aliphatic heterocycles. The zero-order valence-corrected chi connectivity index (χ0v) is 8.80. The second-order valence-electron chi connectivity index (χ2n) is 4.25. The van der Waals surface area contributed by atoms with Crippen molar-refractivity contribution in [2.45, 2.75) is 18.5 Å². The van der Waals surface area contributed by atoms with Crippen molar-refractivity contribution in [3.8, 4) is 0 Å². The molecule has 0 N–H and O–H groups in total. The molecule has 1 radical (unpaired) electrons. The predicted octanol–water partition coefficient (Wildman–Crippen LogP) is 3.11. The third kappa shape index (κ3) is 1.02. The van der Waals surface area contributed by atoms with Gasteiger partial charge in [0.15, 0.2) is 0 Å². The molecular formula is C12H14P. The van der Waals surface area contributed by atoms with Crippen LogP contribution < -0.4 is 5.30 Å². The van der Waals surface area contributed by atoms with Crippen LogP contribution in [0.2, 0.25) is 0 Å². The number of fused-ring (bicyclic) bond motifs is 1. The minimum absolute atomic E-state index is 0.851. The fourth-order valence-corrected chi connectivity index (χ4v) is 5.91. The van der Waals surface area contributed by atoms with Crippen LogP contribution in [0.5, 0.6) is 0 Å². The van der Waals surface area contributed by atoms with E-state index in [0.717, 1.165) is 5.66 Å². The van der Waals surface area contributed by atoms with Gasteiger partial charge < -0.3 is 0 Å². The summed E-state index contributed by atoms with van der Waals surface area (Å²) in [7, 11) is -0.851. The minimum atomic E-state index is -0.851. The quantitative estimate of drug-likeness (QED) is 0.595. The summed E-state index contributed by atoms with van der Waals surface area (Å²) in [5.74, 6) is 2.51. The van der Waals surface area contributed by atoms with Crippen LogP contribution in [0, 0.1) is 0 Å². The predicted molar refractivity (Wildman–Crippen MR) is 61.0 cm³/mol. The average molecular weight is 189 g/mol. The van der Waals surface area contributed by atoms with Crippen molar-refractivity contribution in [1.82, 2.24) is 0 Å². The van der Waals surface area contributed by atoms with Crippen molar-refractivity contribution < 1.29 is 0 Å². The third-order valence-corrected chi connectivity index (χ3v) is 7.57. The lowest BCUT2D eigenvalue weighted by Gasteiger charge is -2.26. The molecule has 0 bridgehead atoms. The van der Waals surface area contributed by atoms with Crippen LogP contribution in [-0.4, -0.2) is 12.3 Å². The van der Waals surface area contributed by atoms with Gasteiger partial charge in [0.2, 0.25) is 0 Å². The van der Waals surface area contributed by atoms with Crippen LogP contribution in [0.15, 0.2) is 30.1 Å². The lowest BCUT2D eigenvalue weighted by Crippen LogP contribution is -2.10.